The third-order valence-electron chi connectivity index (χ3n) is 1.59. The fraction of sp³-hybridized carbons (Fsp3) is 0.727. The van der Waals surface area contributed by atoms with Crippen LogP contribution in [-0.2, 0) is 4.79 Å². The molecule has 0 aliphatic heterocycles. The van der Waals surface area contributed by atoms with Crippen LogP contribution >= 0.6 is 0 Å². The monoisotopic (exact) mass is 183 g/mol. The molecule has 0 bridgehead atoms. The van der Waals surface area contributed by atoms with Crippen LogP contribution in [0.5, 0.6) is 0 Å². The highest BCUT2D eigenvalue weighted by molar-refractivity contribution is 5.76. The summed E-state index contributed by atoms with van der Waals surface area (Å²) in [5.74, 6) is 0.146. The lowest BCUT2D eigenvalue weighted by Crippen LogP contribution is -2.31. The lowest BCUT2D eigenvalue weighted by Gasteiger charge is -2.18. The number of nitrogens with one attached hydrogen (secondary N) is 1. The molecule has 0 saturated heterocycles. The number of hydrogen-bond donors (Lipinski definition) is 1. The van der Waals surface area contributed by atoms with Gasteiger partial charge in [0.2, 0.25) is 5.91 Å². The topological polar surface area (TPSA) is 29.1 Å². The van der Waals surface area contributed by atoms with E-state index in [0.29, 0.717) is 6.42 Å². The maximum Gasteiger partial charge on any atom is 0.220 e. The molecule has 0 atom stereocenters. The Hall–Kier alpha value is -0.790. The molecule has 0 fully saturated rings. The van der Waals surface area contributed by atoms with Gasteiger partial charge in [-0.25, -0.2) is 0 Å². The zero-order valence-electron chi connectivity index (χ0n) is 9.18. The lowest BCUT2D eigenvalue weighted by molar-refractivity contribution is -0.121. The van der Waals surface area contributed by atoms with Gasteiger partial charge in [-0.15, -0.1) is 0 Å². The Balaban J connectivity index is 3.52. The molecule has 76 valence electrons. The van der Waals surface area contributed by atoms with Gasteiger partial charge < -0.3 is 5.32 Å². The summed E-state index contributed by atoms with van der Waals surface area (Å²) in [7, 11) is 0. The van der Waals surface area contributed by atoms with Crippen LogP contribution in [0.4, 0.5) is 0 Å². The van der Waals surface area contributed by atoms with Crippen LogP contribution in [0.25, 0.3) is 0 Å². The first-order chi connectivity index (χ1) is 5.95. The molecule has 0 aromatic rings. The standard InChI is InChI=1S/C11H21NO/c1-5-6-7-8-10(13)12-9-11(2,3)4/h5-6H,7-9H2,1-4H3,(H,12,13)/b6-5+. The van der Waals surface area contributed by atoms with E-state index in [4.69, 9.17) is 0 Å². The summed E-state index contributed by atoms with van der Waals surface area (Å²) < 4.78 is 0. The quantitative estimate of drug-likeness (QED) is 0.667. The molecule has 0 spiro atoms. The normalized spacial score (nSPS) is 12.0. The molecule has 2 heteroatoms. The Kier molecular flexibility index (Phi) is 5.44. The molecule has 1 N–H and O–H groups in total. The van der Waals surface area contributed by atoms with E-state index in [1.165, 1.54) is 0 Å². The van der Waals surface area contributed by atoms with Gasteiger partial charge in [-0.1, -0.05) is 32.9 Å². The third-order valence-corrected chi connectivity index (χ3v) is 1.59. The lowest BCUT2D eigenvalue weighted by atomic mass is 9.97. The van der Waals surface area contributed by atoms with Crippen molar-refractivity contribution in [3.05, 3.63) is 12.2 Å². The van der Waals surface area contributed by atoms with Gasteiger partial charge in [-0.3, -0.25) is 4.79 Å². The zero-order chi connectivity index (χ0) is 10.3. The van der Waals surface area contributed by atoms with Crippen molar-refractivity contribution in [2.24, 2.45) is 5.41 Å². The van der Waals surface area contributed by atoms with Gasteiger partial charge >= 0.3 is 0 Å². The van der Waals surface area contributed by atoms with Crippen LogP contribution in [0.3, 0.4) is 0 Å². The van der Waals surface area contributed by atoms with E-state index >= 15 is 0 Å². The number of carbonyl (C=O) groups excluding carboxylic acids is 1. The molecule has 0 saturated carbocycles. The highest BCUT2D eigenvalue weighted by Crippen LogP contribution is 2.10. The summed E-state index contributed by atoms with van der Waals surface area (Å²) >= 11 is 0. The van der Waals surface area contributed by atoms with Crippen LogP contribution < -0.4 is 5.32 Å². The second-order valence-electron chi connectivity index (χ2n) is 4.45. The fourth-order valence-corrected chi connectivity index (χ4v) is 0.833. The predicted octanol–water partition coefficient (Wildman–Crippen LogP) is 2.51. The number of rotatable bonds is 4. The summed E-state index contributed by atoms with van der Waals surface area (Å²) in [6.45, 7) is 9.05. The Morgan fingerprint density at radius 1 is 1.38 bits per heavy atom. The van der Waals surface area contributed by atoms with Gasteiger partial charge in [0.05, 0.1) is 0 Å². The van der Waals surface area contributed by atoms with Crippen molar-refractivity contribution < 1.29 is 4.79 Å². The first-order valence-corrected chi connectivity index (χ1v) is 4.83. The van der Waals surface area contributed by atoms with E-state index in [9.17, 15) is 4.79 Å². The summed E-state index contributed by atoms with van der Waals surface area (Å²) in [5, 5.41) is 2.91. The van der Waals surface area contributed by atoms with Gasteiger partial charge in [0, 0.05) is 13.0 Å². The summed E-state index contributed by atoms with van der Waals surface area (Å²) in [4.78, 5) is 11.2. The van der Waals surface area contributed by atoms with Gasteiger partial charge in [0.1, 0.15) is 0 Å². The summed E-state index contributed by atoms with van der Waals surface area (Å²) in [6, 6.07) is 0. The van der Waals surface area contributed by atoms with Gasteiger partial charge in [0.25, 0.3) is 0 Å². The van der Waals surface area contributed by atoms with E-state index < -0.39 is 0 Å². The molecule has 0 aromatic carbocycles. The molecule has 0 rings (SSSR count). The van der Waals surface area contributed by atoms with Crippen LogP contribution in [0.15, 0.2) is 12.2 Å². The summed E-state index contributed by atoms with van der Waals surface area (Å²) in [6.07, 6.45) is 5.42. The van der Waals surface area contributed by atoms with E-state index in [0.717, 1.165) is 13.0 Å². The molecule has 0 aliphatic carbocycles. The van der Waals surface area contributed by atoms with Crippen molar-refractivity contribution >= 4 is 5.91 Å². The Bertz CT molecular complexity index is 177. The van der Waals surface area contributed by atoms with Crippen LogP contribution in [0, 0.1) is 5.41 Å². The number of amides is 1. The van der Waals surface area contributed by atoms with Gasteiger partial charge in [0.15, 0.2) is 0 Å². The average molecular weight is 183 g/mol. The maximum atomic E-state index is 11.2. The fourth-order valence-electron chi connectivity index (χ4n) is 0.833. The van der Waals surface area contributed by atoms with Gasteiger partial charge in [-0.2, -0.15) is 0 Å². The number of allylic oxidation sites excluding steroid dienone is 2. The molecule has 2 nitrogen and oxygen atoms in total. The van der Waals surface area contributed by atoms with Crippen LogP contribution in [0.1, 0.15) is 40.5 Å². The number of hydrogen-bond acceptors (Lipinski definition) is 1. The second kappa shape index (κ2) is 5.79. The van der Waals surface area contributed by atoms with Crippen LogP contribution in [-0.4, -0.2) is 12.5 Å². The molecule has 1 amide bonds. The molecule has 13 heavy (non-hydrogen) atoms. The molecule has 0 aromatic heterocycles. The minimum Gasteiger partial charge on any atom is -0.356 e. The smallest absolute Gasteiger partial charge is 0.220 e. The largest absolute Gasteiger partial charge is 0.356 e. The minimum absolute atomic E-state index is 0.146. The molecule has 0 aliphatic rings. The van der Waals surface area contributed by atoms with Crippen molar-refractivity contribution in [2.45, 2.75) is 40.5 Å². The Morgan fingerprint density at radius 3 is 2.46 bits per heavy atom. The molecular weight excluding hydrogens is 162 g/mol. The molecule has 0 heterocycles. The predicted molar refractivity (Wildman–Crippen MR) is 56.5 cm³/mol. The highest BCUT2D eigenvalue weighted by atomic mass is 16.1. The molecule has 0 radical (unpaired) electrons. The van der Waals surface area contributed by atoms with Crippen molar-refractivity contribution in [1.82, 2.24) is 5.32 Å². The molecular formula is C11H21NO. The average Bonchev–Trinajstić information content (AvgIpc) is 2.00. The minimum atomic E-state index is 0.146. The maximum absolute atomic E-state index is 11.2. The van der Waals surface area contributed by atoms with Crippen molar-refractivity contribution in [3.63, 3.8) is 0 Å². The molecule has 0 unspecified atom stereocenters. The van der Waals surface area contributed by atoms with E-state index in [2.05, 4.69) is 26.1 Å². The van der Waals surface area contributed by atoms with E-state index in [1.54, 1.807) is 0 Å². The first kappa shape index (κ1) is 12.2. The second-order valence-corrected chi connectivity index (χ2v) is 4.45. The van der Waals surface area contributed by atoms with E-state index in [-0.39, 0.29) is 11.3 Å². The number of carbonyl (C=O) groups is 1. The van der Waals surface area contributed by atoms with Crippen molar-refractivity contribution in [3.8, 4) is 0 Å². The zero-order valence-corrected chi connectivity index (χ0v) is 9.18. The SMILES string of the molecule is C/C=C/CCC(=O)NCC(C)(C)C. The highest BCUT2D eigenvalue weighted by Gasteiger charge is 2.10. The van der Waals surface area contributed by atoms with Crippen molar-refractivity contribution in [2.75, 3.05) is 6.54 Å². The third kappa shape index (κ3) is 9.12. The van der Waals surface area contributed by atoms with E-state index in [1.807, 2.05) is 19.1 Å². The summed E-state index contributed by atoms with van der Waals surface area (Å²) in [5.41, 5.74) is 0.177. The first-order valence-electron chi connectivity index (χ1n) is 4.83. The van der Waals surface area contributed by atoms with Gasteiger partial charge in [-0.05, 0) is 18.8 Å². The van der Waals surface area contributed by atoms with Crippen molar-refractivity contribution in [1.29, 1.82) is 0 Å². The van der Waals surface area contributed by atoms with Crippen LogP contribution in [0.2, 0.25) is 0 Å². The Labute approximate surface area is 81.4 Å². The Morgan fingerprint density at radius 2 is 2.00 bits per heavy atom.